The van der Waals surface area contributed by atoms with E-state index in [1.54, 1.807) is 24.3 Å². The van der Waals surface area contributed by atoms with Crippen LogP contribution in [0.15, 0.2) is 24.3 Å². The van der Waals surface area contributed by atoms with Gasteiger partial charge in [0.25, 0.3) is 0 Å². The summed E-state index contributed by atoms with van der Waals surface area (Å²) in [5, 5.41) is 9.41. The first kappa shape index (κ1) is 15.3. The predicted octanol–water partition coefficient (Wildman–Crippen LogP) is 1.97. The average molecular weight is 318 g/mol. The Morgan fingerprint density at radius 1 is 1.35 bits per heavy atom. The van der Waals surface area contributed by atoms with Crippen molar-refractivity contribution in [3.63, 3.8) is 0 Å². The van der Waals surface area contributed by atoms with E-state index in [4.69, 9.17) is 16.7 Å². The lowest BCUT2D eigenvalue weighted by atomic mass is 9.99. The van der Waals surface area contributed by atoms with Crippen LogP contribution in [0.2, 0.25) is 5.02 Å². The molecule has 0 saturated carbocycles. The van der Waals surface area contributed by atoms with Crippen molar-refractivity contribution in [2.24, 2.45) is 5.92 Å². The number of sulfonamides is 1. The molecule has 1 aromatic rings. The van der Waals surface area contributed by atoms with E-state index in [0.717, 1.165) is 0 Å². The van der Waals surface area contributed by atoms with Crippen LogP contribution in [-0.2, 0) is 20.6 Å². The summed E-state index contributed by atoms with van der Waals surface area (Å²) >= 11 is 5.84. The molecule has 2 rings (SSSR count). The van der Waals surface area contributed by atoms with Crippen molar-refractivity contribution in [3.05, 3.63) is 34.9 Å². The molecule has 7 heteroatoms. The summed E-state index contributed by atoms with van der Waals surface area (Å²) in [4.78, 5) is 10.9. The van der Waals surface area contributed by atoms with Crippen LogP contribution in [0, 0.1) is 5.92 Å². The molecule has 110 valence electrons. The second kappa shape index (κ2) is 6.11. The van der Waals surface area contributed by atoms with Crippen LogP contribution >= 0.6 is 11.6 Å². The molecule has 1 aliphatic rings. The lowest BCUT2D eigenvalue weighted by Gasteiger charge is -2.29. The summed E-state index contributed by atoms with van der Waals surface area (Å²) in [6.45, 7) is 0.528. The van der Waals surface area contributed by atoms with Crippen LogP contribution in [-0.4, -0.2) is 36.9 Å². The summed E-state index contributed by atoms with van der Waals surface area (Å²) in [5.41, 5.74) is 0.637. The van der Waals surface area contributed by atoms with Gasteiger partial charge in [-0.05, 0) is 30.5 Å². The van der Waals surface area contributed by atoms with E-state index in [-0.39, 0.29) is 18.8 Å². The van der Waals surface area contributed by atoms with E-state index in [1.807, 2.05) is 0 Å². The molecule has 1 aromatic carbocycles. The fourth-order valence-electron chi connectivity index (χ4n) is 2.31. The van der Waals surface area contributed by atoms with E-state index < -0.39 is 21.9 Å². The van der Waals surface area contributed by atoms with E-state index in [1.165, 1.54) is 4.31 Å². The van der Waals surface area contributed by atoms with E-state index >= 15 is 0 Å². The number of hydrogen-bond donors (Lipinski definition) is 1. The van der Waals surface area contributed by atoms with Crippen molar-refractivity contribution in [1.82, 2.24) is 4.31 Å². The molecule has 1 fully saturated rings. The monoisotopic (exact) mass is 317 g/mol. The maximum Gasteiger partial charge on any atom is 0.306 e. The lowest BCUT2D eigenvalue weighted by Crippen LogP contribution is -2.40. The third-order valence-corrected chi connectivity index (χ3v) is 5.52. The van der Waals surface area contributed by atoms with Crippen LogP contribution in [0.3, 0.4) is 0 Å². The number of rotatable bonds is 4. The highest BCUT2D eigenvalue weighted by Gasteiger charge is 2.30. The van der Waals surface area contributed by atoms with E-state index in [2.05, 4.69) is 0 Å². The SMILES string of the molecule is O=C(O)C1CCN(S(=O)(=O)Cc2cccc(Cl)c2)CC1. The minimum Gasteiger partial charge on any atom is -0.481 e. The molecule has 1 aliphatic heterocycles. The smallest absolute Gasteiger partial charge is 0.306 e. The standard InChI is InChI=1S/C13H16ClNO4S/c14-12-3-1-2-10(8-12)9-20(18,19)15-6-4-11(5-7-15)13(16)17/h1-3,8,11H,4-7,9H2,(H,16,17). The molecule has 0 bridgehead atoms. The molecule has 1 heterocycles. The highest BCUT2D eigenvalue weighted by Crippen LogP contribution is 2.22. The molecule has 0 atom stereocenters. The van der Waals surface area contributed by atoms with Gasteiger partial charge in [0.05, 0.1) is 11.7 Å². The average Bonchev–Trinajstić information content (AvgIpc) is 2.38. The second-order valence-corrected chi connectivity index (χ2v) is 7.30. The number of benzene rings is 1. The molecule has 0 amide bonds. The maximum atomic E-state index is 12.3. The Balaban J connectivity index is 2.03. The predicted molar refractivity (Wildman–Crippen MR) is 76.0 cm³/mol. The Morgan fingerprint density at radius 3 is 2.55 bits per heavy atom. The molecule has 0 radical (unpaired) electrons. The minimum atomic E-state index is -3.42. The molecular formula is C13H16ClNO4S. The third-order valence-electron chi connectivity index (χ3n) is 3.43. The number of hydrogen-bond acceptors (Lipinski definition) is 3. The van der Waals surface area contributed by atoms with Crippen LogP contribution in [0.5, 0.6) is 0 Å². The highest BCUT2D eigenvalue weighted by atomic mass is 35.5. The van der Waals surface area contributed by atoms with Gasteiger partial charge >= 0.3 is 5.97 Å². The highest BCUT2D eigenvalue weighted by molar-refractivity contribution is 7.88. The van der Waals surface area contributed by atoms with E-state index in [0.29, 0.717) is 23.4 Å². The van der Waals surface area contributed by atoms with Crippen LogP contribution < -0.4 is 0 Å². The third kappa shape index (κ3) is 3.71. The Bertz CT molecular complexity index is 594. The van der Waals surface area contributed by atoms with Crippen molar-refractivity contribution in [2.45, 2.75) is 18.6 Å². The fourth-order valence-corrected chi connectivity index (χ4v) is 4.07. The quantitative estimate of drug-likeness (QED) is 0.921. The number of carboxylic acid groups (broad SMARTS) is 1. The molecule has 0 aliphatic carbocycles. The Morgan fingerprint density at radius 2 is 2.00 bits per heavy atom. The molecule has 0 spiro atoms. The second-order valence-electron chi connectivity index (χ2n) is 4.90. The minimum absolute atomic E-state index is 0.106. The van der Waals surface area contributed by atoms with Gasteiger partial charge in [0.15, 0.2) is 0 Å². The first-order chi connectivity index (χ1) is 9.38. The zero-order valence-electron chi connectivity index (χ0n) is 10.8. The summed E-state index contributed by atoms with van der Waals surface area (Å²) in [5.74, 6) is -1.39. The van der Waals surface area contributed by atoms with Crippen LogP contribution in [0.4, 0.5) is 0 Å². The van der Waals surface area contributed by atoms with Crippen molar-refractivity contribution in [2.75, 3.05) is 13.1 Å². The van der Waals surface area contributed by atoms with Crippen molar-refractivity contribution in [1.29, 1.82) is 0 Å². The molecule has 0 aromatic heterocycles. The summed E-state index contributed by atoms with van der Waals surface area (Å²) in [6, 6.07) is 6.75. The van der Waals surface area contributed by atoms with Gasteiger partial charge in [-0.25, -0.2) is 12.7 Å². The molecule has 0 unspecified atom stereocenters. The summed E-state index contributed by atoms with van der Waals surface area (Å²) in [6.07, 6.45) is 0.730. The zero-order valence-corrected chi connectivity index (χ0v) is 12.4. The Kier molecular flexibility index (Phi) is 4.67. The summed E-state index contributed by atoms with van der Waals surface area (Å²) < 4.78 is 25.9. The molecule has 5 nitrogen and oxygen atoms in total. The van der Waals surface area contributed by atoms with Gasteiger partial charge < -0.3 is 5.11 Å². The number of nitrogens with zero attached hydrogens (tertiary/aromatic N) is 1. The Hall–Kier alpha value is -1.11. The van der Waals surface area contributed by atoms with Gasteiger partial charge in [0.1, 0.15) is 0 Å². The van der Waals surface area contributed by atoms with Gasteiger partial charge in [-0.3, -0.25) is 4.79 Å². The number of aliphatic carboxylic acids is 1. The van der Waals surface area contributed by atoms with Gasteiger partial charge in [0, 0.05) is 18.1 Å². The number of piperidine rings is 1. The molecule has 20 heavy (non-hydrogen) atoms. The number of carboxylic acids is 1. The first-order valence-corrected chi connectivity index (χ1v) is 8.32. The van der Waals surface area contributed by atoms with Crippen LogP contribution in [0.1, 0.15) is 18.4 Å². The fraction of sp³-hybridized carbons (Fsp3) is 0.462. The van der Waals surface area contributed by atoms with Gasteiger partial charge in [-0.15, -0.1) is 0 Å². The van der Waals surface area contributed by atoms with Gasteiger partial charge in [0.2, 0.25) is 10.0 Å². The largest absolute Gasteiger partial charge is 0.481 e. The number of carbonyl (C=O) groups is 1. The van der Waals surface area contributed by atoms with Gasteiger partial charge in [-0.1, -0.05) is 23.7 Å². The summed E-state index contributed by atoms with van der Waals surface area (Å²) in [7, 11) is -3.42. The Labute approximate surface area is 123 Å². The normalized spacial score (nSPS) is 18.1. The van der Waals surface area contributed by atoms with E-state index in [9.17, 15) is 13.2 Å². The van der Waals surface area contributed by atoms with Crippen molar-refractivity contribution < 1.29 is 18.3 Å². The molecule has 1 saturated heterocycles. The van der Waals surface area contributed by atoms with Crippen molar-refractivity contribution >= 4 is 27.6 Å². The lowest BCUT2D eigenvalue weighted by molar-refractivity contribution is -0.142. The number of halogens is 1. The first-order valence-electron chi connectivity index (χ1n) is 6.33. The topological polar surface area (TPSA) is 74.7 Å². The van der Waals surface area contributed by atoms with Crippen LogP contribution in [0.25, 0.3) is 0 Å². The molecular weight excluding hydrogens is 302 g/mol. The van der Waals surface area contributed by atoms with Gasteiger partial charge in [-0.2, -0.15) is 0 Å². The maximum absolute atomic E-state index is 12.3. The van der Waals surface area contributed by atoms with Crippen molar-refractivity contribution in [3.8, 4) is 0 Å². The molecule has 1 N–H and O–H groups in total. The zero-order chi connectivity index (χ0) is 14.8.